The molecule has 1 atom stereocenters. The van der Waals surface area contributed by atoms with Crippen molar-refractivity contribution in [1.82, 2.24) is 15.0 Å². The first-order valence-electron chi connectivity index (χ1n) is 6.91. The van der Waals surface area contributed by atoms with E-state index in [4.69, 9.17) is 5.73 Å². The fourth-order valence-corrected chi connectivity index (χ4v) is 2.37. The van der Waals surface area contributed by atoms with Crippen LogP contribution in [0.2, 0.25) is 0 Å². The third-order valence-corrected chi connectivity index (χ3v) is 3.57. The highest BCUT2D eigenvalue weighted by molar-refractivity contribution is 5.94. The van der Waals surface area contributed by atoms with Crippen LogP contribution in [0.25, 0.3) is 11.4 Å². The van der Waals surface area contributed by atoms with Crippen LogP contribution in [0, 0.1) is 0 Å². The zero-order chi connectivity index (χ0) is 16.6. The van der Waals surface area contributed by atoms with Crippen molar-refractivity contribution in [3.63, 3.8) is 0 Å². The number of carbonyl (C=O) groups is 1. The first-order chi connectivity index (χ1) is 10.8. The smallest absolute Gasteiger partial charge is 0.337 e. The number of halogens is 4. The van der Waals surface area contributed by atoms with Gasteiger partial charge in [0.25, 0.3) is 5.91 Å². The Morgan fingerprint density at radius 3 is 2.46 bits per heavy atom. The van der Waals surface area contributed by atoms with E-state index >= 15 is 0 Å². The molecule has 2 aromatic rings. The Kier molecular flexibility index (Phi) is 5.14. The summed E-state index contributed by atoms with van der Waals surface area (Å²) in [7, 11) is 0. The number of rotatable bonds is 2. The summed E-state index contributed by atoms with van der Waals surface area (Å²) in [5.74, 6) is -1.74. The van der Waals surface area contributed by atoms with E-state index in [2.05, 4.69) is 14.7 Å². The molecule has 0 bridgehead atoms. The van der Waals surface area contributed by atoms with Gasteiger partial charge in [0.05, 0.1) is 0 Å². The molecule has 10 heteroatoms. The summed E-state index contributed by atoms with van der Waals surface area (Å²) >= 11 is 0. The number of aromatic nitrogens is 2. The zero-order valence-electron chi connectivity index (χ0n) is 12.3. The number of alkyl halides is 3. The van der Waals surface area contributed by atoms with Crippen molar-refractivity contribution in [2.75, 3.05) is 13.1 Å². The first-order valence-corrected chi connectivity index (χ1v) is 6.91. The highest BCUT2D eigenvalue weighted by atomic mass is 35.5. The maximum absolute atomic E-state index is 12.4. The van der Waals surface area contributed by atoms with E-state index in [1.807, 2.05) is 0 Å². The minimum Gasteiger partial charge on any atom is -0.337 e. The largest absolute Gasteiger partial charge is 0.471 e. The van der Waals surface area contributed by atoms with Crippen LogP contribution in [0.4, 0.5) is 13.2 Å². The second-order valence-corrected chi connectivity index (χ2v) is 5.30. The average Bonchev–Trinajstić information content (AvgIpc) is 3.15. The van der Waals surface area contributed by atoms with Gasteiger partial charge in [0, 0.05) is 30.3 Å². The van der Waals surface area contributed by atoms with Gasteiger partial charge in [-0.2, -0.15) is 18.2 Å². The molecule has 3 rings (SSSR count). The number of benzene rings is 1. The van der Waals surface area contributed by atoms with E-state index in [9.17, 15) is 18.0 Å². The van der Waals surface area contributed by atoms with Crippen molar-refractivity contribution in [3.05, 3.63) is 35.7 Å². The van der Waals surface area contributed by atoms with Gasteiger partial charge in [-0.3, -0.25) is 4.79 Å². The molecule has 0 unspecified atom stereocenters. The Morgan fingerprint density at radius 2 is 1.96 bits per heavy atom. The number of hydrogen-bond donors (Lipinski definition) is 1. The molecule has 1 fully saturated rings. The normalized spacial score (nSPS) is 17.7. The molecule has 1 aromatic heterocycles. The van der Waals surface area contributed by atoms with Crippen LogP contribution in [-0.4, -0.2) is 40.1 Å². The molecule has 0 aliphatic carbocycles. The van der Waals surface area contributed by atoms with E-state index < -0.39 is 12.1 Å². The van der Waals surface area contributed by atoms with Crippen LogP contribution in [-0.2, 0) is 6.18 Å². The number of nitrogens with zero attached hydrogens (tertiary/aromatic N) is 3. The van der Waals surface area contributed by atoms with Crippen molar-refractivity contribution < 1.29 is 22.5 Å². The summed E-state index contributed by atoms with van der Waals surface area (Å²) < 4.78 is 41.5. The van der Waals surface area contributed by atoms with Crippen LogP contribution in [0.3, 0.4) is 0 Å². The summed E-state index contributed by atoms with van der Waals surface area (Å²) in [6.45, 7) is 1.10. The lowest BCUT2D eigenvalue weighted by atomic mass is 10.1. The molecule has 0 spiro atoms. The lowest BCUT2D eigenvalue weighted by Gasteiger charge is -2.15. The molecule has 2 N–H and O–H groups in total. The maximum Gasteiger partial charge on any atom is 0.471 e. The molecule has 1 aromatic carbocycles. The van der Waals surface area contributed by atoms with Gasteiger partial charge in [-0.15, -0.1) is 12.4 Å². The summed E-state index contributed by atoms with van der Waals surface area (Å²) in [6, 6.07) is 5.98. The molecule has 24 heavy (non-hydrogen) atoms. The molecule has 1 aliphatic heterocycles. The fourth-order valence-electron chi connectivity index (χ4n) is 2.37. The average molecular weight is 363 g/mol. The zero-order valence-corrected chi connectivity index (χ0v) is 13.1. The van der Waals surface area contributed by atoms with Crippen LogP contribution in [0.1, 0.15) is 22.7 Å². The molecule has 1 saturated heterocycles. The summed E-state index contributed by atoms with van der Waals surface area (Å²) in [5.41, 5.74) is 6.53. The first kappa shape index (κ1) is 18.2. The monoisotopic (exact) mass is 362 g/mol. The van der Waals surface area contributed by atoms with Gasteiger partial charge in [0.2, 0.25) is 5.82 Å². The van der Waals surface area contributed by atoms with E-state index in [-0.39, 0.29) is 30.2 Å². The Hall–Kier alpha value is -2.13. The van der Waals surface area contributed by atoms with E-state index in [0.717, 1.165) is 6.42 Å². The third-order valence-electron chi connectivity index (χ3n) is 3.57. The molecule has 1 amide bonds. The summed E-state index contributed by atoms with van der Waals surface area (Å²) in [6.07, 6.45) is -3.93. The second-order valence-electron chi connectivity index (χ2n) is 5.30. The summed E-state index contributed by atoms with van der Waals surface area (Å²) in [4.78, 5) is 17.2. The van der Waals surface area contributed by atoms with E-state index in [1.54, 1.807) is 4.90 Å². The highest BCUT2D eigenvalue weighted by Crippen LogP contribution is 2.29. The van der Waals surface area contributed by atoms with Gasteiger partial charge in [-0.05, 0) is 18.6 Å². The van der Waals surface area contributed by atoms with Crippen molar-refractivity contribution in [1.29, 1.82) is 0 Å². The van der Waals surface area contributed by atoms with Gasteiger partial charge < -0.3 is 15.2 Å². The van der Waals surface area contributed by atoms with E-state index in [1.165, 1.54) is 24.3 Å². The molecule has 130 valence electrons. The minimum atomic E-state index is -4.68. The van der Waals surface area contributed by atoms with Crippen molar-refractivity contribution in [2.24, 2.45) is 5.73 Å². The van der Waals surface area contributed by atoms with E-state index in [0.29, 0.717) is 24.2 Å². The van der Waals surface area contributed by atoms with Crippen molar-refractivity contribution >= 4 is 18.3 Å². The number of amides is 1. The molecular weight excluding hydrogens is 349 g/mol. The molecule has 2 heterocycles. The van der Waals surface area contributed by atoms with Crippen molar-refractivity contribution in [3.8, 4) is 11.4 Å². The van der Waals surface area contributed by atoms with Crippen LogP contribution >= 0.6 is 12.4 Å². The molecule has 0 radical (unpaired) electrons. The second kappa shape index (κ2) is 6.78. The standard InChI is InChI=1S/C14H13F3N4O2.ClH/c15-14(16,17)13-19-11(20-23-13)8-1-3-9(4-2-8)12(22)21-6-5-10(18)7-21;/h1-4,10H,5-7,18H2;1H/t10-;/m0./s1. The van der Waals surface area contributed by atoms with Crippen molar-refractivity contribution in [2.45, 2.75) is 18.6 Å². The molecule has 6 nitrogen and oxygen atoms in total. The lowest BCUT2D eigenvalue weighted by Crippen LogP contribution is -2.31. The fraction of sp³-hybridized carbons (Fsp3) is 0.357. The van der Waals surface area contributed by atoms with Crippen LogP contribution in [0.5, 0.6) is 0 Å². The maximum atomic E-state index is 12.4. The SMILES string of the molecule is Cl.N[C@H]1CCN(C(=O)c2ccc(-c3noc(C(F)(F)F)n3)cc2)C1. The molecule has 0 saturated carbocycles. The molecule has 1 aliphatic rings. The van der Waals surface area contributed by atoms with Crippen LogP contribution < -0.4 is 5.73 Å². The topological polar surface area (TPSA) is 85.2 Å². The molecular formula is C14H14ClF3N4O2. The Balaban J connectivity index is 0.00000208. The van der Waals surface area contributed by atoms with Gasteiger partial charge in [0.1, 0.15) is 0 Å². The quantitative estimate of drug-likeness (QED) is 0.886. The van der Waals surface area contributed by atoms with Gasteiger partial charge in [-0.1, -0.05) is 17.3 Å². The predicted molar refractivity (Wildman–Crippen MR) is 80.5 cm³/mol. The highest BCUT2D eigenvalue weighted by Gasteiger charge is 2.38. The third kappa shape index (κ3) is 3.68. The lowest BCUT2D eigenvalue weighted by molar-refractivity contribution is -0.159. The van der Waals surface area contributed by atoms with Gasteiger partial charge in [0.15, 0.2) is 0 Å². The number of nitrogens with two attached hydrogens (primary N) is 1. The summed E-state index contributed by atoms with van der Waals surface area (Å²) in [5, 5.41) is 3.30. The number of likely N-dealkylation sites (tertiary alicyclic amines) is 1. The minimum absolute atomic E-state index is 0. The Bertz CT molecular complexity index is 718. The van der Waals surface area contributed by atoms with Crippen LogP contribution in [0.15, 0.2) is 28.8 Å². The Morgan fingerprint density at radius 1 is 1.29 bits per heavy atom. The van der Waals surface area contributed by atoms with Gasteiger partial charge in [-0.25, -0.2) is 0 Å². The van der Waals surface area contributed by atoms with Gasteiger partial charge >= 0.3 is 12.1 Å². The number of hydrogen-bond acceptors (Lipinski definition) is 5. The number of carbonyl (C=O) groups excluding carboxylic acids is 1. The predicted octanol–water partition coefficient (Wildman–Crippen LogP) is 2.35. The Labute approximate surface area is 141 Å².